The lowest BCUT2D eigenvalue weighted by molar-refractivity contribution is 0.413. The number of para-hydroxylation sites is 2. The van der Waals surface area contributed by atoms with Crippen LogP contribution >= 0.6 is 11.3 Å². The molecule has 3 aromatic rings. The van der Waals surface area contributed by atoms with Gasteiger partial charge < -0.3 is 14.5 Å². The van der Waals surface area contributed by atoms with E-state index in [9.17, 15) is 8.78 Å². The van der Waals surface area contributed by atoms with E-state index in [2.05, 4.69) is 14.8 Å². The van der Waals surface area contributed by atoms with Crippen molar-refractivity contribution >= 4 is 32.4 Å². The summed E-state index contributed by atoms with van der Waals surface area (Å²) in [4.78, 5) is 8.75. The highest BCUT2D eigenvalue weighted by Crippen LogP contribution is 2.33. The molecule has 0 atom stereocenters. The number of aromatic nitrogens is 1. The summed E-state index contributed by atoms with van der Waals surface area (Å²) in [6.45, 7) is 3.16. The van der Waals surface area contributed by atoms with Crippen molar-refractivity contribution in [3.8, 4) is 5.75 Å². The van der Waals surface area contributed by atoms with Crippen molar-refractivity contribution in [3.63, 3.8) is 0 Å². The lowest BCUT2D eigenvalue weighted by Gasteiger charge is -2.36. The quantitative estimate of drug-likeness (QED) is 0.707. The number of piperazine rings is 1. The van der Waals surface area contributed by atoms with Crippen molar-refractivity contribution in [2.24, 2.45) is 0 Å². The molecule has 1 aliphatic rings. The second-order valence-electron chi connectivity index (χ2n) is 5.88. The number of rotatable bonds is 3. The number of fused-ring (bicyclic) bond motifs is 1. The first-order valence-corrected chi connectivity index (χ1v) is 8.86. The average Bonchev–Trinajstić information content (AvgIpc) is 3.06. The molecule has 0 saturated carbocycles. The van der Waals surface area contributed by atoms with E-state index in [4.69, 9.17) is 4.74 Å². The molecule has 2 aromatic carbocycles. The van der Waals surface area contributed by atoms with Crippen LogP contribution in [-0.2, 0) is 0 Å². The van der Waals surface area contributed by atoms with Crippen LogP contribution in [0.25, 0.3) is 10.2 Å². The topological polar surface area (TPSA) is 28.6 Å². The molecule has 1 aliphatic heterocycles. The van der Waals surface area contributed by atoms with Gasteiger partial charge in [-0.2, -0.15) is 0 Å². The average molecular weight is 361 g/mol. The van der Waals surface area contributed by atoms with Gasteiger partial charge in [0.05, 0.1) is 17.5 Å². The van der Waals surface area contributed by atoms with E-state index in [0.29, 0.717) is 4.70 Å². The molecule has 0 N–H and O–H groups in total. The second-order valence-corrected chi connectivity index (χ2v) is 6.89. The van der Waals surface area contributed by atoms with Gasteiger partial charge in [-0.25, -0.2) is 13.8 Å². The van der Waals surface area contributed by atoms with Crippen molar-refractivity contribution in [1.29, 1.82) is 0 Å². The number of hydrogen-bond acceptors (Lipinski definition) is 5. The molecule has 4 nitrogen and oxygen atoms in total. The molecule has 0 unspecified atom stereocenters. The van der Waals surface area contributed by atoms with Gasteiger partial charge >= 0.3 is 0 Å². The molecule has 7 heteroatoms. The fraction of sp³-hybridized carbons (Fsp3) is 0.278. The predicted octanol–water partition coefficient (Wildman–Crippen LogP) is 3.91. The first kappa shape index (κ1) is 16.1. The number of thiazole rings is 1. The highest BCUT2D eigenvalue weighted by Gasteiger charge is 2.22. The minimum atomic E-state index is -0.606. The minimum absolute atomic E-state index is 0.244. The van der Waals surface area contributed by atoms with Gasteiger partial charge in [-0.1, -0.05) is 23.5 Å². The van der Waals surface area contributed by atoms with Crippen LogP contribution in [-0.4, -0.2) is 38.3 Å². The third-order valence-corrected chi connectivity index (χ3v) is 5.44. The van der Waals surface area contributed by atoms with Gasteiger partial charge in [0, 0.05) is 32.2 Å². The lowest BCUT2D eigenvalue weighted by atomic mass is 10.2. The van der Waals surface area contributed by atoms with Crippen LogP contribution in [0.2, 0.25) is 0 Å². The number of methoxy groups -OCH3 is 1. The molecule has 0 spiro atoms. The van der Waals surface area contributed by atoms with E-state index in [1.165, 1.54) is 17.4 Å². The Labute approximate surface area is 148 Å². The Morgan fingerprint density at radius 1 is 1.04 bits per heavy atom. The fourth-order valence-electron chi connectivity index (χ4n) is 3.11. The third kappa shape index (κ3) is 3.00. The normalized spacial score (nSPS) is 15.0. The summed E-state index contributed by atoms with van der Waals surface area (Å²) in [6, 6.07) is 10.2. The van der Waals surface area contributed by atoms with Crippen LogP contribution in [0.5, 0.6) is 5.75 Å². The maximum atomic E-state index is 13.9. The van der Waals surface area contributed by atoms with Crippen LogP contribution in [0.1, 0.15) is 0 Å². The molecule has 0 bridgehead atoms. The Bertz CT molecular complexity index is 906. The summed E-state index contributed by atoms with van der Waals surface area (Å²) in [5.74, 6) is -0.320. The van der Waals surface area contributed by atoms with E-state index in [1.54, 1.807) is 7.11 Å². The fourth-order valence-corrected chi connectivity index (χ4v) is 4.17. The van der Waals surface area contributed by atoms with E-state index in [0.717, 1.165) is 48.8 Å². The molecular formula is C18H17F2N3OS. The van der Waals surface area contributed by atoms with Crippen molar-refractivity contribution in [1.82, 2.24) is 4.98 Å². The standard InChI is InChI=1S/C18H17F2N3OS/c1-24-15-5-3-2-4-14(15)22-6-8-23(9-7-22)18-21-17-13(20)10-12(19)11-16(17)25-18/h2-5,10-11H,6-9H2,1H3. The molecular weight excluding hydrogens is 344 g/mol. The van der Waals surface area contributed by atoms with Crippen molar-refractivity contribution in [2.45, 2.75) is 0 Å². The Kier molecular flexibility index (Phi) is 4.17. The SMILES string of the molecule is COc1ccccc1N1CCN(c2nc3c(F)cc(F)cc3s2)CC1. The Morgan fingerprint density at radius 3 is 2.52 bits per heavy atom. The summed E-state index contributed by atoms with van der Waals surface area (Å²) in [6.07, 6.45) is 0. The van der Waals surface area contributed by atoms with Gasteiger partial charge in [0.1, 0.15) is 17.1 Å². The van der Waals surface area contributed by atoms with E-state index in [-0.39, 0.29) is 5.52 Å². The maximum Gasteiger partial charge on any atom is 0.186 e. The zero-order valence-electron chi connectivity index (χ0n) is 13.7. The zero-order chi connectivity index (χ0) is 17.4. The van der Waals surface area contributed by atoms with Crippen molar-refractivity contribution in [2.75, 3.05) is 43.1 Å². The first-order valence-electron chi connectivity index (χ1n) is 8.04. The van der Waals surface area contributed by atoms with Gasteiger partial charge in [0.2, 0.25) is 0 Å². The summed E-state index contributed by atoms with van der Waals surface area (Å²) in [5.41, 5.74) is 1.32. The van der Waals surface area contributed by atoms with Crippen molar-refractivity contribution < 1.29 is 13.5 Å². The van der Waals surface area contributed by atoms with Gasteiger partial charge in [0.15, 0.2) is 10.9 Å². The highest BCUT2D eigenvalue weighted by atomic mass is 32.1. The van der Waals surface area contributed by atoms with Gasteiger partial charge in [-0.3, -0.25) is 0 Å². The minimum Gasteiger partial charge on any atom is -0.495 e. The Hall–Kier alpha value is -2.41. The number of benzene rings is 2. The molecule has 1 saturated heterocycles. The Morgan fingerprint density at radius 2 is 1.76 bits per heavy atom. The number of nitrogens with zero attached hydrogens (tertiary/aromatic N) is 3. The smallest absolute Gasteiger partial charge is 0.186 e. The van der Waals surface area contributed by atoms with E-state index >= 15 is 0 Å². The largest absolute Gasteiger partial charge is 0.495 e. The molecule has 25 heavy (non-hydrogen) atoms. The van der Waals surface area contributed by atoms with Crippen LogP contribution in [0.4, 0.5) is 19.6 Å². The van der Waals surface area contributed by atoms with E-state index in [1.807, 2.05) is 24.3 Å². The number of hydrogen-bond donors (Lipinski definition) is 0. The third-order valence-electron chi connectivity index (χ3n) is 4.38. The molecule has 1 aromatic heterocycles. The predicted molar refractivity (Wildman–Crippen MR) is 97.0 cm³/mol. The monoisotopic (exact) mass is 361 g/mol. The van der Waals surface area contributed by atoms with Gasteiger partial charge in [-0.05, 0) is 18.2 Å². The van der Waals surface area contributed by atoms with Gasteiger partial charge in [-0.15, -0.1) is 0 Å². The summed E-state index contributed by atoms with van der Waals surface area (Å²) < 4.78 is 33.2. The molecule has 130 valence electrons. The summed E-state index contributed by atoms with van der Waals surface area (Å²) in [7, 11) is 1.67. The molecule has 2 heterocycles. The number of halogens is 2. The second kappa shape index (κ2) is 6.48. The zero-order valence-corrected chi connectivity index (χ0v) is 14.5. The van der Waals surface area contributed by atoms with Crippen molar-refractivity contribution in [3.05, 3.63) is 48.0 Å². The molecule has 0 radical (unpaired) electrons. The van der Waals surface area contributed by atoms with Crippen LogP contribution in [0.3, 0.4) is 0 Å². The van der Waals surface area contributed by atoms with Crippen LogP contribution in [0.15, 0.2) is 36.4 Å². The van der Waals surface area contributed by atoms with Crippen LogP contribution in [0, 0.1) is 11.6 Å². The highest BCUT2D eigenvalue weighted by molar-refractivity contribution is 7.22. The number of anilines is 2. The van der Waals surface area contributed by atoms with Crippen LogP contribution < -0.4 is 14.5 Å². The first-order chi connectivity index (χ1) is 12.2. The molecule has 1 fully saturated rings. The molecule has 4 rings (SSSR count). The number of ether oxygens (including phenoxy) is 1. The molecule has 0 aliphatic carbocycles. The Balaban J connectivity index is 1.53. The molecule has 0 amide bonds. The van der Waals surface area contributed by atoms with Gasteiger partial charge in [0.25, 0.3) is 0 Å². The summed E-state index contributed by atoms with van der Waals surface area (Å²) >= 11 is 1.33. The lowest BCUT2D eigenvalue weighted by Crippen LogP contribution is -2.46. The maximum absolute atomic E-state index is 13.9. The summed E-state index contributed by atoms with van der Waals surface area (Å²) in [5, 5.41) is 0.735. The van der Waals surface area contributed by atoms with E-state index < -0.39 is 11.6 Å².